The number of nitrogens with zero attached hydrogens (tertiary/aromatic N) is 4. The Hall–Kier alpha value is -2.18. The number of tetrazole rings is 1. The third kappa shape index (κ3) is 1.69. The van der Waals surface area contributed by atoms with E-state index in [0.29, 0.717) is 17.1 Å². The van der Waals surface area contributed by atoms with Gasteiger partial charge in [0.2, 0.25) is 0 Å². The number of carboxylic acid groups (broad SMARTS) is 1. The summed E-state index contributed by atoms with van der Waals surface area (Å²) in [6.45, 7) is 4.83. The molecule has 0 saturated carbocycles. The first-order chi connectivity index (χ1) is 7.94. The van der Waals surface area contributed by atoms with Gasteiger partial charge in [0.1, 0.15) is 5.76 Å². The topological polar surface area (TPSA) is 94.0 Å². The molecule has 0 aliphatic carbocycles. The number of furan rings is 1. The Morgan fingerprint density at radius 2 is 2.24 bits per heavy atom. The van der Waals surface area contributed by atoms with Crippen LogP contribution in [0.2, 0.25) is 0 Å². The van der Waals surface area contributed by atoms with Crippen molar-refractivity contribution in [3.63, 3.8) is 0 Å². The van der Waals surface area contributed by atoms with Crippen LogP contribution in [0.25, 0.3) is 11.4 Å². The lowest BCUT2D eigenvalue weighted by molar-refractivity contribution is -0.146. The highest BCUT2D eigenvalue weighted by Crippen LogP contribution is 2.26. The molecule has 17 heavy (non-hydrogen) atoms. The Morgan fingerprint density at radius 1 is 1.53 bits per heavy atom. The second kappa shape index (κ2) is 3.69. The first-order valence-electron chi connectivity index (χ1n) is 5.01. The third-order valence-electron chi connectivity index (χ3n) is 2.62. The van der Waals surface area contributed by atoms with Crippen molar-refractivity contribution in [1.82, 2.24) is 20.2 Å². The minimum atomic E-state index is -1.22. The van der Waals surface area contributed by atoms with Crippen molar-refractivity contribution in [3.8, 4) is 11.4 Å². The van der Waals surface area contributed by atoms with Crippen LogP contribution in [0.1, 0.15) is 19.6 Å². The Balaban J connectivity index is 2.57. The fourth-order valence-corrected chi connectivity index (χ4v) is 1.44. The molecule has 0 bridgehead atoms. The first kappa shape index (κ1) is 11.3. The number of aryl methyl sites for hydroxylation is 1. The lowest BCUT2D eigenvalue weighted by Gasteiger charge is -2.20. The van der Waals surface area contributed by atoms with Crippen LogP contribution in [0.5, 0.6) is 0 Å². The highest BCUT2D eigenvalue weighted by atomic mass is 16.4. The summed E-state index contributed by atoms with van der Waals surface area (Å²) in [7, 11) is 0. The summed E-state index contributed by atoms with van der Waals surface area (Å²) < 4.78 is 6.43. The van der Waals surface area contributed by atoms with Gasteiger partial charge >= 0.3 is 5.97 Å². The molecule has 0 unspecified atom stereocenters. The van der Waals surface area contributed by atoms with Crippen LogP contribution in [0.4, 0.5) is 0 Å². The Morgan fingerprint density at radius 3 is 2.76 bits per heavy atom. The Bertz CT molecular complexity index is 555. The maximum absolute atomic E-state index is 11.2. The molecular weight excluding hydrogens is 224 g/mol. The van der Waals surface area contributed by atoms with Crippen molar-refractivity contribution in [2.45, 2.75) is 26.3 Å². The molecule has 0 fully saturated rings. The van der Waals surface area contributed by atoms with E-state index >= 15 is 0 Å². The minimum absolute atomic E-state index is 0.378. The standard InChI is InChI=1S/C10H12N4O3/c1-6-7(4-5-17-6)8-11-12-13-14(8)10(2,3)9(15)16/h4-5H,1-3H3,(H,15,16). The number of hydrogen-bond acceptors (Lipinski definition) is 5. The molecule has 2 heterocycles. The average Bonchev–Trinajstić information content (AvgIpc) is 2.84. The highest BCUT2D eigenvalue weighted by Gasteiger charge is 2.34. The van der Waals surface area contributed by atoms with E-state index in [9.17, 15) is 4.79 Å². The van der Waals surface area contributed by atoms with Crippen molar-refractivity contribution in [3.05, 3.63) is 18.1 Å². The molecule has 7 nitrogen and oxygen atoms in total. The summed E-state index contributed by atoms with van der Waals surface area (Å²) in [5.74, 6) is 0.0121. The van der Waals surface area contributed by atoms with Gasteiger partial charge < -0.3 is 9.52 Å². The molecule has 7 heteroatoms. The predicted octanol–water partition coefficient (Wildman–Crippen LogP) is 1.06. The molecule has 90 valence electrons. The van der Waals surface area contributed by atoms with Crippen molar-refractivity contribution in [2.24, 2.45) is 0 Å². The maximum Gasteiger partial charge on any atom is 0.331 e. The smallest absolute Gasteiger partial charge is 0.331 e. The van der Waals surface area contributed by atoms with E-state index in [1.165, 1.54) is 24.8 Å². The van der Waals surface area contributed by atoms with Crippen molar-refractivity contribution in [1.29, 1.82) is 0 Å². The zero-order valence-electron chi connectivity index (χ0n) is 9.71. The summed E-state index contributed by atoms with van der Waals surface area (Å²) in [6.07, 6.45) is 1.51. The van der Waals surface area contributed by atoms with E-state index in [0.717, 1.165) is 0 Å². The van der Waals surface area contributed by atoms with E-state index in [4.69, 9.17) is 9.52 Å². The molecule has 2 aromatic rings. The van der Waals surface area contributed by atoms with Gasteiger partial charge in [0.25, 0.3) is 0 Å². The second-order valence-corrected chi connectivity index (χ2v) is 4.17. The molecule has 0 radical (unpaired) electrons. The van der Waals surface area contributed by atoms with Crippen LogP contribution in [0, 0.1) is 6.92 Å². The highest BCUT2D eigenvalue weighted by molar-refractivity contribution is 5.76. The van der Waals surface area contributed by atoms with Crippen LogP contribution < -0.4 is 0 Å². The summed E-state index contributed by atoms with van der Waals surface area (Å²) in [6, 6.07) is 1.70. The van der Waals surface area contributed by atoms with Gasteiger partial charge in [-0.2, -0.15) is 0 Å². The van der Waals surface area contributed by atoms with Gasteiger partial charge in [0.05, 0.1) is 11.8 Å². The molecule has 0 aromatic carbocycles. The van der Waals surface area contributed by atoms with Crippen molar-refractivity contribution < 1.29 is 14.3 Å². The lowest BCUT2D eigenvalue weighted by atomic mass is 10.1. The number of carboxylic acids is 1. The summed E-state index contributed by atoms with van der Waals surface area (Å²) in [4.78, 5) is 11.2. The van der Waals surface area contributed by atoms with E-state index in [1.807, 2.05) is 0 Å². The summed E-state index contributed by atoms with van der Waals surface area (Å²) >= 11 is 0. The van der Waals surface area contributed by atoms with Gasteiger partial charge in [-0.3, -0.25) is 0 Å². The molecule has 2 aromatic heterocycles. The third-order valence-corrected chi connectivity index (χ3v) is 2.62. The van der Waals surface area contributed by atoms with Crippen molar-refractivity contribution >= 4 is 5.97 Å². The van der Waals surface area contributed by atoms with Gasteiger partial charge in [0, 0.05) is 0 Å². The van der Waals surface area contributed by atoms with Gasteiger partial charge in [-0.25, -0.2) is 9.48 Å². The molecule has 1 N–H and O–H groups in total. The van der Waals surface area contributed by atoms with Crippen LogP contribution in [0.3, 0.4) is 0 Å². The van der Waals surface area contributed by atoms with Gasteiger partial charge in [0.15, 0.2) is 11.4 Å². The Kier molecular flexibility index (Phi) is 2.45. The second-order valence-electron chi connectivity index (χ2n) is 4.17. The molecule has 0 aliphatic heterocycles. The van der Waals surface area contributed by atoms with E-state index in [2.05, 4.69) is 15.5 Å². The maximum atomic E-state index is 11.2. The van der Waals surface area contributed by atoms with Crippen LogP contribution in [-0.4, -0.2) is 31.3 Å². The minimum Gasteiger partial charge on any atom is -0.479 e. The molecule has 0 amide bonds. The fraction of sp³-hybridized carbons (Fsp3) is 0.400. The quantitative estimate of drug-likeness (QED) is 0.856. The average molecular weight is 236 g/mol. The molecule has 0 aliphatic rings. The zero-order valence-corrected chi connectivity index (χ0v) is 9.71. The van der Waals surface area contributed by atoms with Gasteiger partial charge in [-0.15, -0.1) is 5.10 Å². The van der Waals surface area contributed by atoms with Crippen LogP contribution >= 0.6 is 0 Å². The molecule has 2 rings (SSSR count). The lowest BCUT2D eigenvalue weighted by Crippen LogP contribution is -2.37. The van der Waals surface area contributed by atoms with Crippen LogP contribution in [0.15, 0.2) is 16.7 Å². The molecule has 0 saturated heterocycles. The number of carbonyl (C=O) groups is 1. The molecular formula is C10H12N4O3. The van der Waals surface area contributed by atoms with E-state index < -0.39 is 11.5 Å². The summed E-state index contributed by atoms with van der Waals surface area (Å²) in [5.41, 5.74) is -0.535. The molecule has 0 atom stereocenters. The van der Waals surface area contributed by atoms with Crippen LogP contribution in [-0.2, 0) is 10.3 Å². The van der Waals surface area contributed by atoms with E-state index in [1.54, 1.807) is 13.0 Å². The molecule has 0 spiro atoms. The monoisotopic (exact) mass is 236 g/mol. The normalized spacial score (nSPS) is 11.7. The predicted molar refractivity (Wildman–Crippen MR) is 57.2 cm³/mol. The summed E-state index contributed by atoms with van der Waals surface area (Å²) in [5, 5.41) is 20.3. The Labute approximate surface area is 97.0 Å². The van der Waals surface area contributed by atoms with E-state index in [-0.39, 0.29) is 0 Å². The fourth-order valence-electron chi connectivity index (χ4n) is 1.44. The van der Waals surface area contributed by atoms with Gasteiger partial charge in [-0.1, -0.05) is 0 Å². The largest absolute Gasteiger partial charge is 0.479 e. The SMILES string of the molecule is Cc1occc1-c1nnnn1C(C)(C)C(=O)O. The van der Waals surface area contributed by atoms with Gasteiger partial charge in [-0.05, 0) is 37.3 Å². The number of aromatic nitrogens is 4. The number of hydrogen-bond donors (Lipinski definition) is 1. The number of aliphatic carboxylic acids is 1. The van der Waals surface area contributed by atoms with Crippen molar-refractivity contribution in [2.75, 3.05) is 0 Å². The number of rotatable bonds is 3. The zero-order chi connectivity index (χ0) is 12.6. The first-order valence-corrected chi connectivity index (χ1v) is 5.01.